The second-order valence-electron chi connectivity index (χ2n) is 9.08. The minimum atomic E-state index is -0.661. The Morgan fingerprint density at radius 3 is 1.14 bits per heavy atom. The van der Waals surface area contributed by atoms with E-state index < -0.39 is 24.5 Å². The largest absolute Gasteiger partial charge is 0.455 e. The van der Waals surface area contributed by atoms with Crippen LogP contribution in [-0.2, 0) is 19.1 Å². The maximum absolute atomic E-state index is 11.5. The van der Waals surface area contributed by atoms with Crippen molar-refractivity contribution < 1.29 is 28.5 Å². The molecule has 0 radical (unpaired) electrons. The van der Waals surface area contributed by atoms with Crippen LogP contribution in [0.5, 0.6) is 11.5 Å². The minimum Gasteiger partial charge on any atom is -0.455 e. The van der Waals surface area contributed by atoms with Crippen LogP contribution in [-0.4, -0.2) is 24.5 Å². The van der Waals surface area contributed by atoms with Gasteiger partial charge in [0.25, 0.3) is 0 Å². The van der Waals surface area contributed by atoms with Crippen molar-refractivity contribution in [2.75, 3.05) is 0 Å². The van der Waals surface area contributed by atoms with E-state index in [-0.39, 0.29) is 0 Å². The fourth-order valence-electron chi connectivity index (χ4n) is 3.57. The molecule has 0 heterocycles. The van der Waals surface area contributed by atoms with Gasteiger partial charge >= 0.3 is 11.9 Å². The summed E-state index contributed by atoms with van der Waals surface area (Å²) >= 11 is 0. The second kappa shape index (κ2) is 16.8. The number of esters is 2. The molecular formula is C36H34O6. The van der Waals surface area contributed by atoms with Crippen LogP contribution in [0.15, 0.2) is 98.1 Å². The SMILES string of the molecule is C=CC(=O)OC(CCC)Oc1ccc(C#Cc2ccc(C#Cc3ccc(OC(CCC)OC(=O)C=C)cc3)cc2)cc1. The van der Waals surface area contributed by atoms with Gasteiger partial charge < -0.3 is 18.9 Å². The maximum Gasteiger partial charge on any atom is 0.333 e. The number of ether oxygens (including phenoxy) is 4. The van der Waals surface area contributed by atoms with Crippen molar-refractivity contribution in [2.24, 2.45) is 0 Å². The van der Waals surface area contributed by atoms with Crippen LogP contribution in [0.25, 0.3) is 0 Å². The van der Waals surface area contributed by atoms with Crippen molar-refractivity contribution in [3.63, 3.8) is 0 Å². The van der Waals surface area contributed by atoms with E-state index in [2.05, 4.69) is 36.8 Å². The molecule has 6 nitrogen and oxygen atoms in total. The lowest BCUT2D eigenvalue weighted by atomic mass is 10.1. The summed E-state index contributed by atoms with van der Waals surface area (Å²) in [7, 11) is 0. The summed E-state index contributed by atoms with van der Waals surface area (Å²) in [5.41, 5.74) is 3.38. The number of benzene rings is 3. The van der Waals surface area contributed by atoms with Crippen LogP contribution in [0.3, 0.4) is 0 Å². The van der Waals surface area contributed by atoms with E-state index in [0.717, 1.165) is 47.2 Å². The van der Waals surface area contributed by atoms with Gasteiger partial charge in [0.05, 0.1) is 0 Å². The zero-order valence-electron chi connectivity index (χ0n) is 23.9. The second-order valence-corrected chi connectivity index (χ2v) is 9.08. The molecule has 0 aliphatic rings. The third kappa shape index (κ3) is 10.8. The van der Waals surface area contributed by atoms with Gasteiger partial charge in [0.2, 0.25) is 12.6 Å². The monoisotopic (exact) mass is 562 g/mol. The molecule has 0 fully saturated rings. The summed E-state index contributed by atoms with van der Waals surface area (Å²) in [6.45, 7) is 10.8. The normalized spacial score (nSPS) is 11.3. The molecule has 42 heavy (non-hydrogen) atoms. The maximum atomic E-state index is 11.5. The molecule has 0 aliphatic heterocycles. The molecule has 2 atom stereocenters. The fraction of sp³-hybridized carbons (Fsp3) is 0.222. The predicted octanol–water partition coefficient (Wildman–Crippen LogP) is 6.95. The van der Waals surface area contributed by atoms with E-state index in [1.54, 1.807) is 24.3 Å². The first kappa shape index (κ1) is 31.3. The van der Waals surface area contributed by atoms with Gasteiger partial charge in [-0.3, -0.25) is 0 Å². The highest BCUT2D eigenvalue weighted by Gasteiger charge is 2.14. The molecule has 0 N–H and O–H groups in total. The van der Waals surface area contributed by atoms with E-state index in [9.17, 15) is 9.59 Å². The Kier molecular flexibility index (Phi) is 12.5. The molecule has 3 aromatic rings. The zero-order chi connectivity index (χ0) is 30.2. The summed E-state index contributed by atoms with van der Waals surface area (Å²) in [4.78, 5) is 23.0. The van der Waals surface area contributed by atoms with Crippen molar-refractivity contribution in [2.45, 2.75) is 52.1 Å². The summed E-state index contributed by atoms with van der Waals surface area (Å²) in [6.07, 6.45) is 3.70. The number of hydrogen-bond acceptors (Lipinski definition) is 6. The van der Waals surface area contributed by atoms with Crippen LogP contribution in [0, 0.1) is 23.7 Å². The molecule has 2 unspecified atom stereocenters. The van der Waals surface area contributed by atoms with Gasteiger partial charge in [-0.15, -0.1) is 0 Å². The summed E-state index contributed by atoms with van der Waals surface area (Å²) in [5, 5.41) is 0. The first-order chi connectivity index (χ1) is 20.4. The Morgan fingerprint density at radius 1 is 0.595 bits per heavy atom. The Labute approximate surface area is 248 Å². The van der Waals surface area contributed by atoms with E-state index in [1.807, 2.05) is 62.4 Å². The van der Waals surface area contributed by atoms with Gasteiger partial charge in [0.1, 0.15) is 11.5 Å². The molecule has 0 saturated carbocycles. The van der Waals surface area contributed by atoms with Gasteiger partial charge in [-0.1, -0.05) is 50.7 Å². The topological polar surface area (TPSA) is 71.1 Å². The summed E-state index contributed by atoms with van der Waals surface area (Å²) in [5.74, 6) is 12.7. The van der Waals surface area contributed by atoms with Gasteiger partial charge in [0.15, 0.2) is 0 Å². The first-order valence-corrected chi connectivity index (χ1v) is 13.8. The molecule has 3 rings (SSSR count). The average molecular weight is 563 g/mol. The Hall–Kier alpha value is -5.20. The van der Waals surface area contributed by atoms with Crippen molar-refractivity contribution in [3.8, 4) is 35.2 Å². The van der Waals surface area contributed by atoms with Gasteiger partial charge in [-0.25, -0.2) is 9.59 Å². The highest BCUT2D eigenvalue weighted by molar-refractivity contribution is 5.81. The Bertz CT molecular complexity index is 1350. The number of carbonyl (C=O) groups is 2. The quantitative estimate of drug-likeness (QED) is 0.103. The molecule has 0 amide bonds. The molecule has 0 bridgehead atoms. The zero-order valence-corrected chi connectivity index (χ0v) is 23.9. The van der Waals surface area contributed by atoms with Crippen molar-refractivity contribution in [1.29, 1.82) is 0 Å². The van der Waals surface area contributed by atoms with Crippen molar-refractivity contribution in [3.05, 3.63) is 120 Å². The minimum absolute atomic E-state index is 0.514. The van der Waals surface area contributed by atoms with Crippen LogP contribution in [0.4, 0.5) is 0 Å². The Morgan fingerprint density at radius 2 is 0.881 bits per heavy atom. The van der Waals surface area contributed by atoms with E-state index >= 15 is 0 Å². The highest BCUT2D eigenvalue weighted by atomic mass is 16.7. The van der Waals surface area contributed by atoms with Crippen molar-refractivity contribution >= 4 is 11.9 Å². The van der Waals surface area contributed by atoms with Crippen LogP contribution >= 0.6 is 0 Å². The smallest absolute Gasteiger partial charge is 0.333 e. The highest BCUT2D eigenvalue weighted by Crippen LogP contribution is 2.18. The van der Waals surface area contributed by atoms with E-state index in [1.165, 1.54) is 0 Å². The molecular weight excluding hydrogens is 528 g/mol. The van der Waals surface area contributed by atoms with Crippen LogP contribution in [0.2, 0.25) is 0 Å². The van der Waals surface area contributed by atoms with Crippen LogP contribution in [0.1, 0.15) is 61.8 Å². The molecule has 0 aliphatic carbocycles. The van der Waals surface area contributed by atoms with E-state index in [0.29, 0.717) is 24.3 Å². The average Bonchev–Trinajstić information content (AvgIpc) is 3.01. The number of hydrogen-bond donors (Lipinski definition) is 0. The number of carbonyl (C=O) groups excluding carboxylic acids is 2. The lowest BCUT2D eigenvalue weighted by Crippen LogP contribution is -2.23. The van der Waals surface area contributed by atoms with E-state index in [4.69, 9.17) is 18.9 Å². The lowest BCUT2D eigenvalue weighted by molar-refractivity contribution is -0.159. The van der Waals surface area contributed by atoms with Gasteiger partial charge in [-0.05, 0) is 85.6 Å². The Balaban J connectivity index is 1.57. The van der Waals surface area contributed by atoms with Crippen LogP contribution < -0.4 is 9.47 Å². The summed E-state index contributed by atoms with van der Waals surface area (Å²) < 4.78 is 22.0. The molecule has 214 valence electrons. The standard InChI is InChI=1S/C36H34O6/c1-5-9-35(41-33(37)7-3)39-31-23-19-29(20-24-31)17-15-27-11-13-28(14-12-27)16-18-30-21-25-32(26-22-30)40-36(10-6-2)42-34(38)8-4/h7-8,11-14,19-26,35-36H,3-6,9-10H2,1-2H3. The number of rotatable bonds is 12. The third-order valence-electron chi connectivity index (χ3n) is 5.71. The van der Waals surface area contributed by atoms with Gasteiger partial charge in [0, 0.05) is 47.2 Å². The summed E-state index contributed by atoms with van der Waals surface area (Å²) in [6, 6.07) is 22.3. The third-order valence-corrected chi connectivity index (χ3v) is 5.71. The molecule has 0 saturated heterocycles. The van der Waals surface area contributed by atoms with Gasteiger partial charge in [-0.2, -0.15) is 0 Å². The molecule has 0 spiro atoms. The first-order valence-electron chi connectivity index (χ1n) is 13.8. The predicted molar refractivity (Wildman–Crippen MR) is 163 cm³/mol. The molecule has 0 aromatic heterocycles. The van der Waals surface area contributed by atoms with Crippen molar-refractivity contribution in [1.82, 2.24) is 0 Å². The molecule has 3 aromatic carbocycles. The molecule has 6 heteroatoms. The fourth-order valence-corrected chi connectivity index (χ4v) is 3.57. The lowest BCUT2D eigenvalue weighted by Gasteiger charge is -2.18.